The van der Waals surface area contributed by atoms with Gasteiger partial charge in [0.05, 0.1) is 22.9 Å². The van der Waals surface area contributed by atoms with Crippen LogP contribution in [0.15, 0.2) is 53.4 Å². The molecule has 3 aromatic rings. The molecule has 3 N–H and O–H groups in total. The summed E-state index contributed by atoms with van der Waals surface area (Å²) in [5.74, 6) is 1.99. The molecule has 7 heteroatoms. The van der Waals surface area contributed by atoms with Gasteiger partial charge in [-0.2, -0.15) is 0 Å². The molecule has 6 nitrogen and oxygen atoms in total. The predicted octanol–water partition coefficient (Wildman–Crippen LogP) is 2.71. The summed E-state index contributed by atoms with van der Waals surface area (Å²) in [6, 6.07) is 15.4. The highest BCUT2D eigenvalue weighted by atomic mass is 32.2. The van der Waals surface area contributed by atoms with Gasteiger partial charge in [0.15, 0.2) is 0 Å². The van der Waals surface area contributed by atoms with Crippen molar-refractivity contribution in [3.05, 3.63) is 54.1 Å². The lowest BCUT2D eigenvalue weighted by atomic mass is 10.1. The van der Waals surface area contributed by atoms with Gasteiger partial charge in [0.25, 0.3) is 0 Å². The fourth-order valence-corrected chi connectivity index (χ4v) is 4.63. The van der Waals surface area contributed by atoms with Gasteiger partial charge in [0.2, 0.25) is 0 Å². The minimum atomic E-state index is -1.11. The molecule has 0 spiro atoms. The first kappa shape index (κ1) is 18.7. The van der Waals surface area contributed by atoms with Crippen LogP contribution in [0.3, 0.4) is 0 Å². The normalized spacial score (nSPS) is 16.6. The van der Waals surface area contributed by atoms with E-state index in [-0.39, 0.29) is 6.61 Å². The van der Waals surface area contributed by atoms with E-state index in [4.69, 9.17) is 20.6 Å². The molecule has 2 aromatic carbocycles. The number of pyridine rings is 1. The third-order valence-electron chi connectivity index (χ3n) is 4.82. The summed E-state index contributed by atoms with van der Waals surface area (Å²) in [6.45, 7) is 1.78. The van der Waals surface area contributed by atoms with Crippen LogP contribution in [0.25, 0.3) is 10.9 Å². The number of nitrogen functional groups attached to an aromatic ring is 1. The standard InChI is InChI=1S/C21H23N3O3S/c22-18-13-21(23-19-5-2-1-4-17(18)19)24-8-11-28(26)20-12-16(27-10-3-9-25)7-6-15(20)14-24/h1-2,4-7,12-13,25H,3,8-11,14H2,(H2,22,23). The van der Waals surface area contributed by atoms with Crippen LogP contribution in [0.1, 0.15) is 12.0 Å². The highest BCUT2D eigenvalue weighted by Crippen LogP contribution is 2.30. The zero-order valence-corrected chi connectivity index (χ0v) is 16.3. The Kier molecular flexibility index (Phi) is 5.45. The van der Waals surface area contributed by atoms with Gasteiger partial charge in [0.1, 0.15) is 11.6 Å². The molecule has 0 saturated carbocycles. The number of ether oxygens (including phenoxy) is 1. The van der Waals surface area contributed by atoms with E-state index in [0.29, 0.717) is 43.3 Å². The van der Waals surface area contributed by atoms with E-state index in [1.54, 1.807) is 0 Å². The molecule has 146 valence electrons. The maximum atomic E-state index is 12.8. The topological polar surface area (TPSA) is 88.7 Å². The lowest BCUT2D eigenvalue weighted by molar-refractivity contribution is 0.233. The Morgan fingerprint density at radius 3 is 2.93 bits per heavy atom. The first-order valence-electron chi connectivity index (χ1n) is 9.31. The van der Waals surface area contributed by atoms with E-state index >= 15 is 0 Å². The molecule has 0 aliphatic carbocycles. The quantitative estimate of drug-likeness (QED) is 0.644. The number of para-hydroxylation sites is 1. The number of nitrogens with two attached hydrogens (primary N) is 1. The summed E-state index contributed by atoms with van der Waals surface area (Å²) in [5, 5.41) is 9.83. The van der Waals surface area contributed by atoms with Gasteiger partial charge in [0, 0.05) is 53.9 Å². The molecule has 1 aromatic heterocycles. The van der Waals surface area contributed by atoms with Crippen LogP contribution >= 0.6 is 0 Å². The first-order valence-corrected chi connectivity index (χ1v) is 10.6. The molecule has 0 saturated heterocycles. The summed E-state index contributed by atoms with van der Waals surface area (Å²) in [6.07, 6.45) is 0.572. The van der Waals surface area contributed by atoms with Crippen molar-refractivity contribution in [3.63, 3.8) is 0 Å². The molecule has 2 heterocycles. The molecular weight excluding hydrogens is 374 g/mol. The molecule has 0 bridgehead atoms. The molecule has 0 fully saturated rings. The van der Waals surface area contributed by atoms with Crippen LogP contribution in [0.2, 0.25) is 0 Å². The van der Waals surface area contributed by atoms with Crippen molar-refractivity contribution in [1.82, 2.24) is 4.98 Å². The first-order chi connectivity index (χ1) is 13.7. The van der Waals surface area contributed by atoms with Gasteiger partial charge in [-0.15, -0.1) is 0 Å². The van der Waals surface area contributed by atoms with E-state index in [1.807, 2.05) is 48.5 Å². The van der Waals surface area contributed by atoms with Crippen molar-refractivity contribution < 1.29 is 14.1 Å². The molecular formula is C21H23N3O3S. The summed E-state index contributed by atoms with van der Waals surface area (Å²) in [5.41, 5.74) is 8.79. The Labute approximate surface area is 166 Å². The molecule has 1 aliphatic rings. The smallest absolute Gasteiger partial charge is 0.131 e. The number of aromatic nitrogens is 1. The number of aliphatic hydroxyl groups excluding tert-OH is 1. The highest BCUT2D eigenvalue weighted by Gasteiger charge is 2.21. The van der Waals surface area contributed by atoms with Crippen LogP contribution in [-0.4, -0.2) is 39.8 Å². The number of hydrogen-bond donors (Lipinski definition) is 2. The van der Waals surface area contributed by atoms with E-state index in [0.717, 1.165) is 27.2 Å². The van der Waals surface area contributed by atoms with Crippen molar-refractivity contribution in [3.8, 4) is 5.75 Å². The van der Waals surface area contributed by atoms with E-state index in [9.17, 15) is 4.21 Å². The second-order valence-corrected chi connectivity index (χ2v) is 8.29. The Balaban J connectivity index is 1.63. The third-order valence-corrected chi connectivity index (χ3v) is 6.25. The summed E-state index contributed by atoms with van der Waals surface area (Å²) >= 11 is 0. The van der Waals surface area contributed by atoms with Crippen molar-refractivity contribution in [2.75, 3.05) is 36.1 Å². The van der Waals surface area contributed by atoms with Crippen LogP contribution < -0.4 is 15.4 Å². The van der Waals surface area contributed by atoms with Crippen molar-refractivity contribution in [2.24, 2.45) is 0 Å². The van der Waals surface area contributed by atoms with E-state index in [2.05, 4.69) is 4.90 Å². The monoisotopic (exact) mass is 397 g/mol. The van der Waals surface area contributed by atoms with Crippen LogP contribution in [-0.2, 0) is 17.3 Å². The molecule has 0 radical (unpaired) electrons. The number of aliphatic hydroxyl groups is 1. The largest absolute Gasteiger partial charge is 0.493 e. The minimum absolute atomic E-state index is 0.0910. The number of hydrogen-bond acceptors (Lipinski definition) is 6. The average molecular weight is 398 g/mol. The van der Waals surface area contributed by atoms with E-state index < -0.39 is 10.8 Å². The number of rotatable bonds is 5. The second kappa shape index (κ2) is 8.16. The third kappa shape index (κ3) is 3.81. The summed E-state index contributed by atoms with van der Waals surface area (Å²) in [4.78, 5) is 7.69. The summed E-state index contributed by atoms with van der Waals surface area (Å²) in [7, 11) is -1.11. The molecule has 1 aliphatic heterocycles. The van der Waals surface area contributed by atoms with Gasteiger partial charge >= 0.3 is 0 Å². The summed E-state index contributed by atoms with van der Waals surface area (Å²) < 4.78 is 18.4. The lowest BCUT2D eigenvalue weighted by Gasteiger charge is -2.22. The van der Waals surface area contributed by atoms with Gasteiger partial charge in [-0.3, -0.25) is 4.21 Å². The predicted molar refractivity (Wildman–Crippen MR) is 112 cm³/mol. The fourth-order valence-electron chi connectivity index (χ4n) is 3.35. The SMILES string of the molecule is Nc1cc(N2CCS(=O)c3cc(OCCCO)ccc3C2)nc2ccccc12. The van der Waals surface area contributed by atoms with Crippen molar-refractivity contribution in [2.45, 2.75) is 17.9 Å². The number of nitrogens with zero attached hydrogens (tertiary/aromatic N) is 2. The van der Waals surface area contributed by atoms with Gasteiger partial charge in [-0.25, -0.2) is 4.98 Å². The van der Waals surface area contributed by atoms with Crippen molar-refractivity contribution >= 4 is 33.2 Å². The maximum absolute atomic E-state index is 12.8. The number of fused-ring (bicyclic) bond motifs is 2. The highest BCUT2D eigenvalue weighted by molar-refractivity contribution is 7.85. The van der Waals surface area contributed by atoms with Gasteiger partial charge < -0.3 is 20.5 Å². The lowest BCUT2D eigenvalue weighted by Crippen LogP contribution is -2.25. The average Bonchev–Trinajstić information content (AvgIpc) is 2.87. The molecule has 1 unspecified atom stereocenters. The van der Waals surface area contributed by atoms with E-state index in [1.165, 1.54) is 0 Å². The Bertz CT molecular complexity index is 1020. The second-order valence-electron chi connectivity index (χ2n) is 6.75. The minimum Gasteiger partial charge on any atom is -0.493 e. The fraction of sp³-hybridized carbons (Fsp3) is 0.286. The molecule has 0 amide bonds. The maximum Gasteiger partial charge on any atom is 0.131 e. The molecule has 4 rings (SSSR count). The van der Waals surface area contributed by atoms with Crippen LogP contribution in [0.4, 0.5) is 11.5 Å². The Morgan fingerprint density at radius 1 is 1.21 bits per heavy atom. The van der Waals surface area contributed by atoms with Crippen molar-refractivity contribution in [1.29, 1.82) is 0 Å². The van der Waals surface area contributed by atoms with Crippen LogP contribution in [0.5, 0.6) is 5.75 Å². The zero-order chi connectivity index (χ0) is 19.5. The van der Waals surface area contributed by atoms with Gasteiger partial charge in [-0.1, -0.05) is 24.3 Å². The Hall–Kier alpha value is -2.64. The number of anilines is 2. The zero-order valence-electron chi connectivity index (χ0n) is 15.5. The Morgan fingerprint density at radius 2 is 2.07 bits per heavy atom. The molecule has 1 atom stereocenters. The van der Waals surface area contributed by atoms with Crippen LogP contribution in [0, 0.1) is 0 Å². The van der Waals surface area contributed by atoms with Gasteiger partial charge in [-0.05, 0) is 23.8 Å². The molecule has 28 heavy (non-hydrogen) atoms. The number of benzene rings is 2.